The van der Waals surface area contributed by atoms with E-state index in [2.05, 4.69) is 21.9 Å². The monoisotopic (exact) mass is 332 g/mol. The van der Waals surface area contributed by atoms with Gasteiger partial charge in [-0.3, -0.25) is 9.59 Å². The molecule has 4 heteroatoms. The number of anilines is 1. The number of para-hydroxylation sites is 1. The van der Waals surface area contributed by atoms with Crippen molar-refractivity contribution in [2.24, 2.45) is 0 Å². The lowest BCUT2D eigenvalue weighted by atomic mass is 10.1. The van der Waals surface area contributed by atoms with E-state index in [9.17, 15) is 9.59 Å². The number of fused-ring (bicyclic) bond motifs is 1. The summed E-state index contributed by atoms with van der Waals surface area (Å²) in [5, 5.41) is 0. The summed E-state index contributed by atoms with van der Waals surface area (Å²) in [6.07, 6.45) is 0. The molecule has 0 spiro atoms. The average molecular weight is 332 g/mol. The molecule has 0 saturated carbocycles. The SMILES string of the molecule is CC(=C1C(=O)c2ccccc2C1=O)N1CCN(c2ccccc2)CC1. The second kappa shape index (κ2) is 6.20. The van der Waals surface area contributed by atoms with Gasteiger partial charge in [-0.1, -0.05) is 42.5 Å². The normalized spacial score (nSPS) is 17.1. The van der Waals surface area contributed by atoms with Crippen molar-refractivity contribution >= 4 is 17.3 Å². The number of hydrogen-bond donors (Lipinski definition) is 0. The molecule has 0 atom stereocenters. The lowest BCUT2D eigenvalue weighted by Gasteiger charge is -2.38. The lowest BCUT2D eigenvalue weighted by molar-refractivity contribution is 0.0982. The summed E-state index contributed by atoms with van der Waals surface area (Å²) in [4.78, 5) is 29.8. The minimum Gasteiger partial charge on any atom is -0.371 e. The Hall–Kier alpha value is -2.88. The Morgan fingerprint density at radius 3 is 1.84 bits per heavy atom. The highest BCUT2D eigenvalue weighted by molar-refractivity contribution is 6.39. The van der Waals surface area contributed by atoms with Gasteiger partial charge in [-0.05, 0) is 19.1 Å². The van der Waals surface area contributed by atoms with Crippen molar-refractivity contribution in [3.05, 3.63) is 77.0 Å². The van der Waals surface area contributed by atoms with Crippen LogP contribution in [0.25, 0.3) is 0 Å². The maximum absolute atomic E-state index is 12.7. The van der Waals surface area contributed by atoms with Gasteiger partial charge in [-0.15, -0.1) is 0 Å². The average Bonchev–Trinajstić information content (AvgIpc) is 2.93. The van der Waals surface area contributed by atoms with Crippen LogP contribution in [0.1, 0.15) is 27.6 Å². The Bertz CT molecular complexity index is 825. The number of rotatable bonds is 2. The molecule has 2 aromatic carbocycles. The molecule has 0 radical (unpaired) electrons. The molecule has 1 saturated heterocycles. The fourth-order valence-electron chi connectivity index (χ4n) is 3.68. The van der Waals surface area contributed by atoms with E-state index in [4.69, 9.17) is 0 Å². The van der Waals surface area contributed by atoms with Gasteiger partial charge in [0.15, 0.2) is 11.6 Å². The number of nitrogens with zero attached hydrogens (tertiary/aromatic N) is 2. The maximum Gasteiger partial charge on any atom is 0.199 e. The number of piperazine rings is 1. The molecule has 0 aromatic heterocycles. The molecule has 4 rings (SSSR count). The van der Waals surface area contributed by atoms with E-state index in [0.717, 1.165) is 31.9 Å². The van der Waals surface area contributed by atoms with Gasteiger partial charge in [0.05, 0.1) is 5.57 Å². The topological polar surface area (TPSA) is 40.6 Å². The van der Waals surface area contributed by atoms with Crippen LogP contribution in [-0.2, 0) is 0 Å². The summed E-state index contributed by atoms with van der Waals surface area (Å²) in [5.41, 5.74) is 3.43. The zero-order chi connectivity index (χ0) is 17.4. The van der Waals surface area contributed by atoms with Crippen LogP contribution in [-0.4, -0.2) is 42.6 Å². The molecule has 0 amide bonds. The van der Waals surface area contributed by atoms with Gasteiger partial charge < -0.3 is 9.80 Å². The highest BCUT2D eigenvalue weighted by Gasteiger charge is 2.35. The maximum atomic E-state index is 12.7. The largest absolute Gasteiger partial charge is 0.371 e. The van der Waals surface area contributed by atoms with Gasteiger partial charge in [0, 0.05) is 48.7 Å². The van der Waals surface area contributed by atoms with Crippen molar-refractivity contribution < 1.29 is 9.59 Å². The van der Waals surface area contributed by atoms with Crippen molar-refractivity contribution in [2.75, 3.05) is 31.1 Å². The molecule has 2 aliphatic rings. The van der Waals surface area contributed by atoms with Gasteiger partial charge in [0.1, 0.15) is 0 Å². The first kappa shape index (κ1) is 15.6. The first-order valence-corrected chi connectivity index (χ1v) is 8.61. The van der Waals surface area contributed by atoms with Crippen molar-refractivity contribution in [3.8, 4) is 0 Å². The van der Waals surface area contributed by atoms with Crippen molar-refractivity contribution in [3.63, 3.8) is 0 Å². The van der Waals surface area contributed by atoms with E-state index in [1.807, 2.05) is 25.1 Å². The Morgan fingerprint density at radius 1 is 0.760 bits per heavy atom. The van der Waals surface area contributed by atoms with Crippen molar-refractivity contribution in [1.82, 2.24) is 4.90 Å². The molecule has 126 valence electrons. The second-order valence-corrected chi connectivity index (χ2v) is 6.47. The molecule has 1 heterocycles. The number of ketones is 2. The summed E-state index contributed by atoms with van der Waals surface area (Å²) < 4.78 is 0. The molecule has 4 nitrogen and oxygen atoms in total. The lowest BCUT2D eigenvalue weighted by Crippen LogP contribution is -2.46. The summed E-state index contributed by atoms with van der Waals surface area (Å²) >= 11 is 0. The van der Waals surface area contributed by atoms with E-state index in [0.29, 0.717) is 16.7 Å². The Balaban J connectivity index is 1.55. The van der Waals surface area contributed by atoms with Gasteiger partial charge >= 0.3 is 0 Å². The summed E-state index contributed by atoms with van der Waals surface area (Å²) in [7, 11) is 0. The van der Waals surface area contributed by atoms with E-state index < -0.39 is 0 Å². The van der Waals surface area contributed by atoms with Crippen molar-refractivity contribution in [2.45, 2.75) is 6.92 Å². The number of allylic oxidation sites excluding steroid dienone is 2. The van der Waals surface area contributed by atoms with Crippen LogP contribution in [0.15, 0.2) is 65.9 Å². The fourth-order valence-corrected chi connectivity index (χ4v) is 3.68. The molecule has 25 heavy (non-hydrogen) atoms. The predicted molar refractivity (Wildman–Crippen MR) is 98.0 cm³/mol. The van der Waals surface area contributed by atoms with Crippen LogP contribution in [0.4, 0.5) is 5.69 Å². The van der Waals surface area contributed by atoms with Gasteiger partial charge in [-0.2, -0.15) is 0 Å². The number of Topliss-reactive ketones (excluding diaryl/α,β-unsaturated/α-hetero) is 2. The molecule has 2 aromatic rings. The van der Waals surface area contributed by atoms with Gasteiger partial charge in [-0.25, -0.2) is 0 Å². The minimum absolute atomic E-state index is 0.136. The van der Waals surface area contributed by atoms with Crippen LogP contribution in [0, 0.1) is 0 Å². The molecule has 0 bridgehead atoms. The Morgan fingerprint density at radius 2 is 1.28 bits per heavy atom. The zero-order valence-corrected chi connectivity index (χ0v) is 14.2. The molecular weight excluding hydrogens is 312 g/mol. The molecule has 0 N–H and O–H groups in total. The molecule has 1 aliphatic carbocycles. The van der Waals surface area contributed by atoms with E-state index in [1.54, 1.807) is 24.3 Å². The summed E-state index contributed by atoms with van der Waals surface area (Å²) in [5.74, 6) is -0.271. The minimum atomic E-state index is -0.136. The quantitative estimate of drug-likeness (QED) is 0.626. The second-order valence-electron chi connectivity index (χ2n) is 6.47. The predicted octanol–water partition coefficient (Wildman–Crippen LogP) is 3.16. The van der Waals surface area contributed by atoms with Crippen LogP contribution in [0.2, 0.25) is 0 Å². The smallest absolute Gasteiger partial charge is 0.199 e. The highest BCUT2D eigenvalue weighted by atomic mass is 16.2. The Kier molecular flexibility index (Phi) is 3.88. The van der Waals surface area contributed by atoms with Crippen LogP contribution in [0.5, 0.6) is 0 Å². The number of hydrogen-bond acceptors (Lipinski definition) is 4. The number of benzene rings is 2. The third-order valence-corrected chi connectivity index (χ3v) is 5.11. The Labute approximate surface area is 147 Å². The van der Waals surface area contributed by atoms with E-state index in [-0.39, 0.29) is 11.6 Å². The van der Waals surface area contributed by atoms with Crippen LogP contribution in [0.3, 0.4) is 0 Å². The third-order valence-electron chi connectivity index (χ3n) is 5.11. The zero-order valence-electron chi connectivity index (χ0n) is 14.2. The van der Waals surface area contributed by atoms with Gasteiger partial charge in [0.2, 0.25) is 0 Å². The van der Waals surface area contributed by atoms with Gasteiger partial charge in [0.25, 0.3) is 0 Å². The van der Waals surface area contributed by atoms with Crippen LogP contribution >= 0.6 is 0 Å². The number of carbonyl (C=O) groups excluding carboxylic acids is 2. The van der Waals surface area contributed by atoms with E-state index in [1.165, 1.54) is 5.69 Å². The standard InChI is InChI=1S/C21H20N2O2/c1-15(19-20(24)17-9-5-6-10-18(17)21(19)25)22-11-13-23(14-12-22)16-7-3-2-4-8-16/h2-10H,11-14H2,1H3. The highest BCUT2D eigenvalue weighted by Crippen LogP contribution is 2.30. The first-order chi connectivity index (χ1) is 12.2. The molecular formula is C21H20N2O2. The van der Waals surface area contributed by atoms with Crippen LogP contribution < -0.4 is 4.90 Å². The fraction of sp³-hybridized carbons (Fsp3) is 0.238. The molecule has 1 fully saturated rings. The van der Waals surface area contributed by atoms with E-state index >= 15 is 0 Å². The molecule has 0 unspecified atom stereocenters. The molecule has 1 aliphatic heterocycles. The first-order valence-electron chi connectivity index (χ1n) is 8.61. The third kappa shape index (κ3) is 2.64. The number of carbonyl (C=O) groups is 2. The summed E-state index contributed by atoms with van der Waals surface area (Å²) in [6.45, 7) is 5.27. The van der Waals surface area contributed by atoms with Crippen molar-refractivity contribution in [1.29, 1.82) is 0 Å². The summed E-state index contributed by atoms with van der Waals surface area (Å²) in [6, 6.07) is 17.4.